The summed E-state index contributed by atoms with van der Waals surface area (Å²) in [5, 5.41) is 5.87. The summed E-state index contributed by atoms with van der Waals surface area (Å²) in [7, 11) is 0. The minimum Gasteiger partial charge on any atom is -0.466 e. The minimum atomic E-state index is -0.188. The van der Waals surface area contributed by atoms with E-state index in [1.165, 1.54) is 5.56 Å². The van der Waals surface area contributed by atoms with Crippen LogP contribution < -0.4 is 10.6 Å². The van der Waals surface area contributed by atoms with Crippen LogP contribution in [0.1, 0.15) is 25.3 Å². The van der Waals surface area contributed by atoms with E-state index in [1.807, 2.05) is 30.3 Å². The van der Waals surface area contributed by atoms with Crippen LogP contribution in [0.5, 0.6) is 0 Å². The molecule has 0 radical (unpaired) electrons. The van der Waals surface area contributed by atoms with Crippen molar-refractivity contribution in [1.82, 2.24) is 10.6 Å². The molecule has 0 heterocycles. The van der Waals surface area contributed by atoms with Crippen molar-refractivity contribution in [1.29, 1.82) is 0 Å². The van der Waals surface area contributed by atoms with Crippen LogP contribution in [0.15, 0.2) is 30.3 Å². The van der Waals surface area contributed by atoms with Gasteiger partial charge in [-0.05, 0) is 31.9 Å². The lowest BCUT2D eigenvalue weighted by atomic mass is 10.1. The van der Waals surface area contributed by atoms with Crippen molar-refractivity contribution in [3.63, 3.8) is 0 Å². The van der Waals surface area contributed by atoms with Crippen molar-refractivity contribution in [2.24, 2.45) is 0 Å². The second-order valence-electron chi connectivity index (χ2n) is 4.67. The molecule has 0 spiro atoms. The fourth-order valence-electron chi connectivity index (χ4n) is 1.85. The van der Waals surface area contributed by atoms with Gasteiger partial charge in [0.25, 0.3) is 0 Å². The predicted octanol–water partition coefficient (Wildman–Crippen LogP) is 1.28. The monoisotopic (exact) mass is 292 g/mol. The molecule has 116 valence electrons. The summed E-state index contributed by atoms with van der Waals surface area (Å²) in [6.45, 7) is 3.74. The molecule has 1 aromatic rings. The maximum atomic E-state index is 11.6. The van der Waals surface area contributed by atoms with Crippen LogP contribution in [0.4, 0.5) is 0 Å². The number of hydrogen-bond acceptors (Lipinski definition) is 4. The third-order valence-electron chi connectivity index (χ3n) is 2.90. The van der Waals surface area contributed by atoms with Crippen molar-refractivity contribution < 1.29 is 14.3 Å². The molecule has 1 aromatic carbocycles. The van der Waals surface area contributed by atoms with Gasteiger partial charge in [-0.15, -0.1) is 0 Å². The third kappa shape index (κ3) is 8.81. The summed E-state index contributed by atoms with van der Waals surface area (Å²) in [6, 6.07) is 10.0. The van der Waals surface area contributed by atoms with Crippen LogP contribution >= 0.6 is 0 Å². The fraction of sp³-hybridized carbons (Fsp3) is 0.500. The molecule has 0 aliphatic rings. The molecule has 5 nitrogen and oxygen atoms in total. The van der Waals surface area contributed by atoms with E-state index in [2.05, 4.69) is 10.6 Å². The lowest BCUT2D eigenvalue weighted by molar-refractivity contribution is -0.143. The zero-order valence-corrected chi connectivity index (χ0v) is 12.6. The second-order valence-corrected chi connectivity index (χ2v) is 4.67. The van der Waals surface area contributed by atoms with Gasteiger partial charge in [0.2, 0.25) is 5.91 Å². The number of nitrogens with one attached hydrogen (secondary N) is 2. The number of hydrogen-bond donors (Lipinski definition) is 2. The summed E-state index contributed by atoms with van der Waals surface area (Å²) in [4.78, 5) is 22.7. The molecule has 0 saturated carbocycles. The molecule has 0 aliphatic carbocycles. The van der Waals surface area contributed by atoms with Crippen molar-refractivity contribution in [2.45, 2.75) is 26.2 Å². The van der Waals surface area contributed by atoms with E-state index in [0.29, 0.717) is 32.5 Å². The zero-order chi connectivity index (χ0) is 15.3. The van der Waals surface area contributed by atoms with E-state index in [4.69, 9.17) is 4.74 Å². The largest absolute Gasteiger partial charge is 0.466 e. The van der Waals surface area contributed by atoms with Crippen LogP contribution in [-0.4, -0.2) is 38.1 Å². The highest BCUT2D eigenvalue weighted by Gasteiger charge is 2.02. The summed E-state index contributed by atoms with van der Waals surface area (Å²) in [6.07, 6.45) is 1.89. The van der Waals surface area contributed by atoms with E-state index in [9.17, 15) is 9.59 Å². The zero-order valence-electron chi connectivity index (χ0n) is 12.6. The molecule has 1 rings (SSSR count). The van der Waals surface area contributed by atoms with Gasteiger partial charge in [-0.25, -0.2) is 0 Å². The van der Waals surface area contributed by atoms with Gasteiger partial charge in [0.1, 0.15) is 0 Å². The number of carbonyl (C=O) groups excluding carboxylic acids is 2. The first kappa shape index (κ1) is 17.2. The van der Waals surface area contributed by atoms with E-state index in [-0.39, 0.29) is 18.4 Å². The van der Waals surface area contributed by atoms with Gasteiger partial charge in [-0.2, -0.15) is 0 Å². The number of esters is 1. The predicted molar refractivity (Wildman–Crippen MR) is 81.9 cm³/mol. The number of carbonyl (C=O) groups is 2. The van der Waals surface area contributed by atoms with Crippen molar-refractivity contribution in [2.75, 3.05) is 26.2 Å². The van der Waals surface area contributed by atoms with Crippen LogP contribution in [0.25, 0.3) is 0 Å². The molecular formula is C16H24N2O3. The number of benzene rings is 1. The number of amides is 1. The molecule has 0 aliphatic heterocycles. The summed E-state index contributed by atoms with van der Waals surface area (Å²) >= 11 is 0. The average Bonchev–Trinajstić information content (AvgIpc) is 2.48. The Balaban J connectivity index is 1.98. The van der Waals surface area contributed by atoms with Crippen molar-refractivity contribution >= 4 is 11.9 Å². The Morgan fingerprint density at radius 1 is 1.14 bits per heavy atom. The first-order chi connectivity index (χ1) is 10.2. The topological polar surface area (TPSA) is 67.4 Å². The standard InChI is InChI=1S/C16H24N2O3/c1-2-21-16(20)9-6-11-17-13-15(19)18-12-10-14-7-4-3-5-8-14/h3-5,7-8,17H,2,6,9-13H2,1H3,(H,18,19). The lowest BCUT2D eigenvalue weighted by Gasteiger charge is -2.07. The van der Waals surface area contributed by atoms with Gasteiger partial charge in [0.15, 0.2) is 0 Å². The van der Waals surface area contributed by atoms with E-state index >= 15 is 0 Å². The molecule has 0 atom stereocenters. The first-order valence-electron chi connectivity index (χ1n) is 7.39. The summed E-state index contributed by atoms with van der Waals surface area (Å²) < 4.78 is 4.82. The first-order valence-corrected chi connectivity index (χ1v) is 7.39. The Labute approximate surface area is 126 Å². The summed E-state index contributed by atoms with van der Waals surface area (Å²) in [5.41, 5.74) is 1.21. The second kappa shape index (κ2) is 10.9. The Morgan fingerprint density at radius 3 is 2.62 bits per heavy atom. The molecule has 5 heteroatoms. The molecule has 1 amide bonds. The molecule has 2 N–H and O–H groups in total. The summed E-state index contributed by atoms with van der Waals surface area (Å²) in [5.74, 6) is -0.214. The van der Waals surface area contributed by atoms with Gasteiger partial charge in [0, 0.05) is 13.0 Å². The van der Waals surface area contributed by atoms with E-state index in [1.54, 1.807) is 6.92 Å². The fourth-order valence-corrected chi connectivity index (χ4v) is 1.85. The minimum absolute atomic E-state index is 0.0259. The normalized spacial score (nSPS) is 10.1. The Morgan fingerprint density at radius 2 is 1.90 bits per heavy atom. The molecule has 0 unspecified atom stereocenters. The molecule has 0 fully saturated rings. The highest BCUT2D eigenvalue weighted by atomic mass is 16.5. The number of rotatable bonds is 10. The van der Waals surface area contributed by atoms with Crippen LogP contribution in [0, 0.1) is 0 Å². The van der Waals surface area contributed by atoms with E-state index in [0.717, 1.165) is 6.42 Å². The Kier molecular flexibility index (Phi) is 8.88. The molecule has 0 saturated heterocycles. The van der Waals surface area contributed by atoms with E-state index < -0.39 is 0 Å². The maximum absolute atomic E-state index is 11.6. The van der Waals surface area contributed by atoms with Crippen LogP contribution in [-0.2, 0) is 20.7 Å². The Bertz CT molecular complexity index is 421. The van der Waals surface area contributed by atoms with Gasteiger partial charge < -0.3 is 15.4 Å². The van der Waals surface area contributed by atoms with Crippen molar-refractivity contribution in [3.8, 4) is 0 Å². The molecule has 21 heavy (non-hydrogen) atoms. The van der Waals surface area contributed by atoms with Gasteiger partial charge in [-0.3, -0.25) is 9.59 Å². The van der Waals surface area contributed by atoms with Gasteiger partial charge >= 0.3 is 5.97 Å². The van der Waals surface area contributed by atoms with Crippen LogP contribution in [0.2, 0.25) is 0 Å². The Hall–Kier alpha value is -1.88. The quantitative estimate of drug-likeness (QED) is 0.503. The highest BCUT2D eigenvalue weighted by molar-refractivity contribution is 5.77. The maximum Gasteiger partial charge on any atom is 0.305 e. The SMILES string of the molecule is CCOC(=O)CCCNCC(=O)NCCc1ccccc1. The van der Waals surface area contributed by atoms with Crippen LogP contribution in [0.3, 0.4) is 0 Å². The molecule has 0 bridgehead atoms. The highest BCUT2D eigenvalue weighted by Crippen LogP contribution is 1.97. The average molecular weight is 292 g/mol. The van der Waals surface area contributed by atoms with Gasteiger partial charge in [0.05, 0.1) is 13.2 Å². The third-order valence-corrected chi connectivity index (χ3v) is 2.90. The lowest BCUT2D eigenvalue weighted by Crippen LogP contribution is -2.35. The van der Waals surface area contributed by atoms with Crippen molar-refractivity contribution in [3.05, 3.63) is 35.9 Å². The molecular weight excluding hydrogens is 268 g/mol. The smallest absolute Gasteiger partial charge is 0.305 e. The number of ether oxygens (including phenoxy) is 1. The molecule has 0 aromatic heterocycles. The van der Waals surface area contributed by atoms with Gasteiger partial charge in [-0.1, -0.05) is 30.3 Å².